The quantitative estimate of drug-likeness (QED) is 0.798. The molecule has 0 atom stereocenters. The molecule has 0 aliphatic heterocycles. The zero-order valence-electron chi connectivity index (χ0n) is 7.54. The number of nitrogen functional groups attached to an aromatic ring is 1. The topological polar surface area (TPSA) is 86.5 Å². The second kappa shape index (κ2) is 4.34. The second-order valence-corrected chi connectivity index (χ2v) is 2.70. The number of alkyl halides is 2. The molecule has 0 saturated carbocycles. The molecule has 0 saturated heterocycles. The Morgan fingerprint density at radius 3 is 2.60 bits per heavy atom. The number of halogens is 2. The lowest BCUT2D eigenvalue weighted by atomic mass is 10.0. The van der Waals surface area contributed by atoms with Gasteiger partial charge in [0.15, 0.2) is 0 Å². The summed E-state index contributed by atoms with van der Waals surface area (Å²) >= 11 is 0. The molecular formula is C9H6F2N4. The van der Waals surface area contributed by atoms with Gasteiger partial charge in [0.1, 0.15) is 11.9 Å². The van der Waals surface area contributed by atoms with Crippen molar-refractivity contribution in [1.29, 1.82) is 10.5 Å². The molecule has 4 nitrogen and oxygen atoms in total. The van der Waals surface area contributed by atoms with Crippen molar-refractivity contribution in [2.45, 2.75) is 12.8 Å². The van der Waals surface area contributed by atoms with E-state index in [0.717, 1.165) is 6.20 Å². The zero-order valence-corrected chi connectivity index (χ0v) is 7.54. The maximum atomic E-state index is 12.6. The van der Waals surface area contributed by atoms with Gasteiger partial charge in [-0.05, 0) is 5.56 Å². The molecule has 0 radical (unpaired) electrons. The van der Waals surface area contributed by atoms with E-state index < -0.39 is 12.0 Å². The van der Waals surface area contributed by atoms with Gasteiger partial charge in [-0.3, -0.25) is 0 Å². The van der Waals surface area contributed by atoms with Crippen LogP contribution in [-0.2, 0) is 6.42 Å². The first-order chi connectivity index (χ1) is 7.11. The SMILES string of the molecule is N#CCc1c(C#N)cnc(N)c1C(F)F. The summed E-state index contributed by atoms with van der Waals surface area (Å²) < 4.78 is 25.2. The smallest absolute Gasteiger partial charge is 0.267 e. The second-order valence-electron chi connectivity index (χ2n) is 2.70. The predicted molar refractivity (Wildman–Crippen MR) is 47.6 cm³/mol. The highest BCUT2D eigenvalue weighted by atomic mass is 19.3. The molecule has 1 aromatic rings. The molecule has 0 bridgehead atoms. The lowest BCUT2D eigenvalue weighted by molar-refractivity contribution is 0.151. The molecule has 76 valence electrons. The minimum atomic E-state index is -2.84. The fourth-order valence-corrected chi connectivity index (χ4v) is 1.19. The minimum absolute atomic E-state index is 0.0394. The molecule has 1 rings (SSSR count). The molecule has 0 aliphatic rings. The standard InChI is InChI=1S/C9H6F2N4/c10-8(11)7-6(1-2-12)5(3-13)4-15-9(7)14/h4,8H,1H2,(H2,14,15). The van der Waals surface area contributed by atoms with Crippen molar-refractivity contribution in [3.63, 3.8) is 0 Å². The Labute approximate surface area is 84.6 Å². The molecule has 0 aromatic carbocycles. The number of aromatic nitrogens is 1. The fourth-order valence-electron chi connectivity index (χ4n) is 1.19. The van der Waals surface area contributed by atoms with Crippen molar-refractivity contribution in [2.24, 2.45) is 0 Å². The van der Waals surface area contributed by atoms with Crippen molar-refractivity contribution in [2.75, 3.05) is 5.73 Å². The first kappa shape index (κ1) is 10.9. The highest BCUT2D eigenvalue weighted by Crippen LogP contribution is 2.29. The van der Waals surface area contributed by atoms with Crippen LogP contribution in [0.5, 0.6) is 0 Å². The Kier molecular flexibility index (Phi) is 3.14. The van der Waals surface area contributed by atoms with E-state index in [2.05, 4.69) is 4.98 Å². The van der Waals surface area contributed by atoms with Crippen molar-refractivity contribution >= 4 is 5.82 Å². The summed E-state index contributed by atoms with van der Waals surface area (Å²) in [5, 5.41) is 17.1. The summed E-state index contributed by atoms with van der Waals surface area (Å²) in [6, 6.07) is 3.41. The Hall–Kier alpha value is -2.21. The maximum absolute atomic E-state index is 12.6. The Morgan fingerprint density at radius 2 is 2.13 bits per heavy atom. The lowest BCUT2D eigenvalue weighted by Gasteiger charge is -2.09. The van der Waals surface area contributed by atoms with E-state index in [9.17, 15) is 8.78 Å². The highest BCUT2D eigenvalue weighted by molar-refractivity contribution is 5.53. The van der Waals surface area contributed by atoms with Gasteiger partial charge in [0.25, 0.3) is 6.43 Å². The number of nitrogens with two attached hydrogens (primary N) is 1. The van der Waals surface area contributed by atoms with E-state index >= 15 is 0 Å². The fraction of sp³-hybridized carbons (Fsp3) is 0.222. The van der Waals surface area contributed by atoms with Crippen LogP contribution in [0, 0.1) is 22.7 Å². The Bertz CT molecular complexity index is 456. The van der Waals surface area contributed by atoms with E-state index in [1.54, 1.807) is 12.1 Å². The van der Waals surface area contributed by atoms with Crippen molar-refractivity contribution in [3.05, 3.63) is 22.9 Å². The molecule has 0 aliphatic carbocycles. The van der Waals surface area contributed by atoms with Gasteiger partial charge in [-0.15, -0.1) is 0 Å². The predicted octanol–water partition coefficient (Wildman–Crippen LogP) is 1.54. The van der Waals surface area contributed by atoms with Gasteiger partial charge in [0.2, 0.25) is 0 Å². The van der Waals surface area contributed by atoms with E-state index in [4.69, 9.17) is 16.3 Å². The van der Waals surface area contributed by atoms with Gasteiger partial charge in [0, 0.05) is 6.20 Å². The number of rotatable bonds is 2. The first-order valence-electron chi connectivity index (χ1n) is 3.94. The van der Waals surface area contributed by atoms with Gasteiger partial charge in [-0.1, -0.05) is 0 Å². The summed E-state index contributed by atoms with van der Waals surface area (Å²) in [5.74, 6) is -0.339. The summed E-state index contributed by atoms with van der Waals surface area (Å²) in [6.07, 6.45) is -2.03. The molecule has 1 heterocycles. The van der Waals surface area contributed by atoms with Crippen LogP contribution in [0.3, 0.4) is 0 Å². The molecular weight excluding hydrogens is 202 g/mol. The van der Waals surface area contributed by atoms with E-state index in [0.29, 0.717) is 0 Å². The van der Waals surface area contributed by atoms with Crippen molar-refractivity contribution in [1.82, 2.24) is 4.98 Å². The van der Waals surface area contributed by atoms with Gasteiger partial charge < -0.3 is 5.73 Å². The van der Waals surface area contributed by atoms with Crippen LogP contribution in [0.1, 0.15) is 23.1 Å². The van der Waals surface area contributed by atoms with Gasteiger partial charge in [-0.2, -0.15) is 10.5 Å². The van der Waals surface area contributed by atoms with Gasteiger partial charge >= 0.3 is 0 Å². The number of anilines is 1. The van der Waals surface area contributed by atoms with Crippen LogP contribution >= 0.6 is 0 Å². The molecule has 0 fully saturated rings. The summed E-state index contributed by atoms with van der Waals surface area (Å²) in [4.78, 5) is 3.48. The normalized spacial score (nSPS) is 9.67. The van der Waals surface area contributed by atoms with E-state index in [-0.39, 0.29) is 23.4 Å². The molecule has 1 aromatic heterocycles. The third kappa shape index (κ3) is 2.00. The van der Waals surface area contributed by atoms with Crippen LogP contribution in [0.2, 0.25) is 0 Å². The van der Waals surface area contributed by atoms with Crippen LogP contribution < -0.4 is 5.73 Å². The van der Waals surface area contributed by atoms with E-state index in [1.165, 1.54) is 0 Å². The Balaban J connectivity index is 3.47. The third-order valence-electron chi connectivity index (χ3n) is 1.85. The van der Waals surface area contributed by atoms with Crippen molar-refractivity contribution in [3.8, 4) is 12.1 Å². The van der Waals surface area contributed by atoms with Crippen LogP contribution in [0.15, 0.2) is 6.20 Å². The summed E-state index contributed by atoms with van der Waals surface area (Å²) in [7, 11) is 0. The Morgan fingerprint density at radius 1 is 1.47 bits per heavy atom. The van der Waals surface area contributed by atoms with Gasteiger partial charge in [0.05, 0.1) is 23.6 Å². The van der Waals surface area contributed by atoms with Gasteiger partial charge in [-0.25, -0.2) is 13.8 Å². The largest absolute Gasteiger partial charge is 0.383 e. The average Bonchev–Trinajstić information content (AvgIpc) is 2.18. The number of nitriles is 2. The molecule has 2 N–H and O–H groups in total. The zero-order chi connectivity index (χ0) is 11.4. The maximum Gasteiger partial charge on any atom is 0.267 e. The number of pyridine rings is 1. The van der Waals surface area contributed by atoms with Crippen LogP contribution in [0.25, 0.3) is 0 Å². The molecule has 15 heavy (non-hydrogen) atoms. The monoisotopic (exact) mass is 208 g/mol. The van der Waals surface area contributed by atoms with Crippen LogP contribution in [0.4, 0.5) is 14.6 Å². The summed E-state index contributed by atoms with van der Waals surface area (Å²) in [5.41, 5.74) is 4.67. The molecule has 6 heteroatoms. The molecule has 0 amide bonds. The highest BCUT2D eigenvalue weighted by Gasteiger charge is 2.20. The van der Waals surface area contributed by atoms with Crippen molar-refractivity contribution < 1.29 is 8.78 Å². The summed E-state index contributed by atoms with van der Waals surface area (Å²) in [6.45, 7) is 0. The van der Waals surface area contributed by atoms with E-state index in [1.807, 2.05) is 0 Å². The number of nitrogens with zero attached hydrogens (tertiary/aromatic N) is 3. The third-order valence-corrected chi connectivity index (χ3v) is 1.85. The first-order valence-corrected chi connectivity index (χ1v) is 3.94. The van der Waals surface area contributed by atoms with Crippen LogP contribution in [-0.4, -0.2) is 4.98 Å². The lowest BCUT2D eigenvalue weighted by Crippen LogP contribution is -2.05. The minimum Gasteiger partial charge on any atom is -0.383 e. The molecule has 0 unspecified atom stereocenters. The average molecular weight is 208 g/mol. The number of hydrogen-bond donors (Lipinski definition) is 1. The number of hydrogen-bond acceptors (Lipinski definition) is 4. The molecule has 0 spiro atoms.